The number of methoxy groups -OCH3 is 1. The zero-order chi connectivity index (χ0) is 15.2. The number of hydrogen-bond donors (Lipinski definition) is 0. The standard InChI is InChI=1S/C15H21BrClN3O/c1-19(9-10-21-2)7-8-20-14-4-3-12(16)11-13(14)18-15(20)5-6-17/h3-4,11H,5-10H2,1-2H3. The van der Waals surface area contributed by atoms with Gasteiger partial charge in [0.1, 0.15) is 5.82 Å². The summed E-state index contributed by atoms with van der Waals surface area (Å²) in [7, 11) is 3.84. The van der Waals surface area contributed by atoms with Crippen molar-refractivity contribution in [2.75, 3.05) is 39.7 Å². The van der Waals surface area contributed by atoms with E-state index in [1.807, 2.05) is 0 Å². The van der Waals surface area contributed by atoms with Gasteiger partial charge in [-0.05, 0) is 25.2 Å². The molecule has 0 bridgehead atoms. The highest BCUT2D eigenvalue weighted by molar-refractivity contribution is 9.10. The molecule has 1 aromatic carbocycles. The van der Waals surface area contributed by atoms with Crippen LogP contribution in [0.5, 0.6) is 0 Å². The fourth-order valence-corrected chi connectivity index (χ4v) is 2.83. The molecular formula is C15H21BrClN3O. The Morgan fingerprint density at radius 3 is 2.90 bits per heavy atom. The van der Waals surface area contributed by atoms with Crippen LogP contribution < -0.4 is 0 Å². The van der Waals surface area contributed by atoms with Crippen LogP contribution in [0.2, 0.25) is 0 Å². The molecular weight excluding hydrogens is 354 g/mol. The van der Waals surface area contributed by atoms with Crippen molar-refractivity contribution in [3.05, 3.63) is 28.5 Å². The number of aromatic nitrogens is 2. The van der Waals surface area contributed by atoms with E-state index in [-0.39, 0.29) is 0 Å². The Balaban J connectivity index is 2.18. The van der Waals surface area contributed by atoms with E-state index in [4.69, 9.17) is 21.3 Å². The Morgan fingerprint density at radius 2 is 2.19 bits per heavy atom. The van der Waals surface area contributed by atoms with Crippen LogP contribution in [0.15, 0.2) is 22.7 Å². The predicted octanol–water partition coefficient (Wildman–Crippen LogP) is 3.16. The SMILES string of the molecule is COCCN(C)CCn1c(CCCl)nc2cc(Br)ccc21. The molecule has 0 radical (unpaired) electrons. The summed E-state index contributed by atoms with van der Waals surface area (Å²) in [4.78, 5) is 6.97. The average Bonchev–Trinajstić information content (AvgIpc) is 2.79. The van der Waals surface area contributed by atoms with Gasteiger partial charge in [-0.15, -0.1) is 11.6 Å². The Labute approximate surface area is 139 Å². The fraction of sp³-hybridized carbons (Fsp3) is 0.533. The molecule has 0 fully saturated rings. The maximum absolute atomic E-state index is 5.91. The third-order valence-corrected chi connectivity index (χ3v) is 4.17. The Morgan fingerprint density at radius 1 is 1.38 bits per heavy atom. The highest BCUT2D eigenvalue weighted by atomic mass is 79.9. The third kappa shape index (κ3) is 4.42. The summed E-state index contributed by atoms with van der Waals surface area (Å²) < 4.78 is 8.43. The van der Waals surface area contributed by atoms with E-state index in [1.165, 1.54) is 5.52 Å². The number of rotatable bonds is 8. The van der Waals surface area contributed by atoms with Gasteiger partial charge in [-0.2, -0.15) is 0 Å². The molecule has 21 heavy (non-hydrogen) atoms. The van der Waals surface area contributed by atoms with Gasteiger partial charge in [-0.25, -0.2) is 4.98 Å². The molecule has 2 aromatic rings. The zero-order valence-corrected chi connectivity index (χ0v) is 14.8. The van der Waals surface area contributed by atoms with Crippen LogP contribution in [0.3, 0.4) is 0 Å². The monoisotopic (exact) mass is 373 g/mol. The maximum Gasteiger partial charge on any atom is 0.111 e. The van der Waals surface area contributed by atoms with E-state index in [0.717, 1.165) is 48.5 Å². The predicted molar refractivity (Wildman–Crippen MR) is 91.2 cm³/mol. The van der Waals surface area contributed by atoms with Crippen molar-refractivity contribution in [1.82, 2.24) is 14.5 Å². The van der Waals surface area contributed by atoms with Crippen molar-refractivity contribution in [2.24, 2.45) is 0 Å². The van der Waals surface area contributed by atoms with Gasteiger partial charge in [0.2, 0.25) is 0 Å². The summed E-state index contributed by atoms with van der Waals surface area (Å²) in [6, 6.07) is 6.22. The number of imidazole rings is 1. The van der Waals surface area contributed by atoms with Crippen molar-refractivity contribution in [2.45, 2.75) is 13.0 Å². The van der Waals surface area contributed by atoms with Gasteiger partial charge < -0.3 is 14.2 Å². The lowest BCUT2D eigenvalue weighted by molar-refractivity contribution is 0.159. The maximum atomic E-state index is 5.91. The van der Waals surface area contributed by atoms with E-state index in [0.29, 0.717) is 5.88 Å². The summed E-state index contributed by atoms with van der Waals surface area (Å²) in [5.74, 6) is 1.64. The molecule has 0 unspecified atom stereocenters. The summed E-state index contributed by atoms with van der Waals surface area (Å²) >= 11 is 9.41. The van der Waals surface area contributed by atoms with E-state index in [1.54, 1.807) is 7.11 Å². The molecule has 0 N–H and O–H groups in total. The van der Waals surface area contributed by atoms with Gasteiger partial charge >= 0.3 is 0 Å². The first-order valence-corrected chi connectivity index (χ1v) is 8.36. The number of fused-ring (bicyclic) bond motifs is 1. The molecule has 0 saturated heterocycles. The minimum atomic E-state index is 0.587. The van der Waals surface area contributed by atoms with Gasteiger partial charge in [0.05, 0.1) is 17.6 Å². The molecule has 0 amide bonds. The number of aryl methyl sites for hydroxylation is 1. The first-order valence-electron chi connectivity index (χ1n) is 7.04. The third-order valence-electron chi connectivity index (χ3n) is 3.49. The first kappa shape index (κ1) is 16.7. The average molecular weight is 375 g/mol. The topological polar surface area (TPSA) is 30.3 Å². The number of ether oxygens (including phenoxy) is 1. The number of halogens is 2. The number of hydrogen-bond acceptors (Lipinski definition) is 3. The van der Waals surface area contributed by atoms with Crippen molar-refractivity contribution in [3.63, 3.8) is 0 Å². The largest absolute Gasteiger partial charge is 0.383 e. The van der Waals surface area contributed by atoms with E-state index in [9.17, 15) is 0 Å². The second-order valence-electron chi connectivity index (χ2n) is 5.05. The summed E-state index contributed by atoms with van der Waals surface area (Å²) in [6.45, 7) is 3.55. The number of alkyl halides is 1. The van der Waals surface area contributed by atoms with Crippen LogP contribution in [-0.4, -0.2) is 54.2 Å². The summed E-state index contributed by atoms with van der Waals surface area (Å²) in [5.41, 5.74) is 2.18. The molecule has 1 heterocycles. The molecule has 0 aliphatic rings. The van der Waals surface area contributed by atoms with Gasteiger partial charge in [-0.1, -0.05) is 15.9 Å². The number of likely N-dealkylation sites (N-methyl/N-ethyl adjacent to an activating group) is 1. The molecule has 1 aromatic heterocycles. The van der Waals surface area contributed by atoms with Crippen LogP contribution in [-0.2, 0) is 17.7 Å². The molecule has 4 nitrogen and oxygen atoms in total. The molecule has 116 valence electrons. The van der Waals surface area contributed by atoms with Crippen LogP contribution in [0.1, 0.15) is 5.82 Å². The Hall–Kier alpha value is -0.620. The van der Waals surface area contributed by atoms with Crippen molar-refractivity contribution < 1.29 is 4.74 Å². The van der Waals surface area contributed by atoms with Crippen molar-refractivity contribution in [1.29, 1.82) is 0 Å². The Kier molecular flexibility index (Phi) is 6.48. The van der Waals surface area contributed by atoms with Crippen molar-refractivity contribution in [3.8, 4) is 0 Å². The molecule has 0 saturated carbocycles. The minimum absolute atomic E-state index is 0.587. The number of benzene rings is 1. The lowest BCUT2D eigenvalue weighted by Gasteiger charge is -2.17. The lowest BCUT2D eigenvalue weighted by atomic mass is 10.3. The zero-order valence-electron chi connectivity index (χ0n) is 12.5. The molecule has 0 atom stereocenters. The number of nitrogens with zero attached hydrogens (tertiary/aromatic N) is 3. The molecule has 0 aliphatic carbocycles. The molecule has 0 aliphatic heterocycles. The van der Waals surface area contributed by atoms with E-state index < -0.39 is 0 Å². The van der Waals surface area contributed by atoms with Gasteiger partial charge in [0.15, 0.2) is 0 Å². The smallest absolute Gasteiger partial charge is 0.111 e. The Bertz CT molecular complexity index is 588. The normalized spacial score (nSPS) is 11.7. The minimum Gasteiger partial charge on any atom is -0.383 e. The molecule has 0 spiro atoms. The highest BCUT2D eigenvalue weighted by Gasteiger charge is 2.11. The highest BCUT2D eigenvalue weighted by Crippen LogP contribution is 2.21. The van der Waals surface area contributed by atoms with Gasteiger partial charge in [0.25, 0.3) is 0 Å². The second-order valence-corrected chi connectivity index (χ2v) is 6.34. The first-order chi connectivity index (χ1) is 10.2. The van der Waals surface area contributed by atoms with E-state index >= 15 is 0 Å². The summed E-state index contributed by atoms with van der Waals surface area (Å²) in [6.07, 6.45) is 0.787. The molecule has 2 rings (SSSR count). The van der Waals surface area contributed by atoms with E-state index in [2.05, 4.69) is 50.6 Å². The van der Waals surface area contributed by atoms with Crippen LogP contribution >= 0.6 is 27.5 Å². The second kappa shape index (κ2) is 8.13. The lowest BCUT2D eigenvalue weighted by Crippen LogP contribution is -2.27. The quantitative estimate of drug-likeness (QED) is 0.665. The van der Waals surface area contributed by atoms with Crippen molar-refractivity contribution >= 4 is 38.6 Å². The van der Waals surface area contributed by atoms with Gasteiger partial charge in [0, 0.05) is 43.5 Å². The van der Waals surface area contributed by atoms with Crippen LogP contribution in [0, 0.1) is 0 Å². The summed E-state index contributed by atoms with van der Waals surface area (Å²) in [5, 5.41) is 0. The van der Waals surface area contributed by atoms with Crippen LogP contribution in [0.4, 0.5) is 0 Å². The van der Waals surface area contributed by atoms with Gasteiger partial charge in [-0.3, -0.25) is 0 Å². The fourth-order valence-electron chi connectivity index (χ4n) is 2.31. The molecule has 6 heteroatoms. The van der Waals surface area contributed by atoms with Crippen LogP contribution in [0.25, 0.3) is 11.0 Å².